The SMILES string of the molecule is CC.CC1CC1.O=CC(Cc1ccc(Cl)cc1Cl)NC(=O)C1(c2ccc(Cl)cc2F)CC1. The molecule has 2 aliphatic carbocycles. The van der Waals surface area contributed by atoms with Crippen LogP contribution < -0.4 is 5.32 Å². The minimum Gasteiger partial charge on any atom is -0.345 e. The van der Waals surface area contributed by atoms with Crippen molar-refractivity contribution < 1.29 is 14.0 Å². The number of rotatable bonds is 6. The van der Waals surface area contributed by atoms with Gasteiger partial charge >= 0.3 is 0 Å². The normalized spacial score (nSPS) is 16.5. The summed E-state index contributed by atoms with van der Waals surface area (Å²) in [6.45, 7) is 6.28. The van der Waals surface area contributed by atoms with Gasteiger partial charge in [0.25, 0.3) is 0 Å². The molecule has 0 spiro atoms. The fourth-order valence-corrected chi connectivity index (χ4v) is 3.80. The summed E-state index contributed by atoms with van der Waals surface area (Å²) < 4.78 is 14.2. The summed E-state index contributed by atoms with van der Waals surface area (Å²) in [5, 5.41) is 3.88. The molecule has 0 heterocycles. The average molecular weight is 501 g/mol. The van der Waals surface area contributed by atoms with E-state index in [4.69, 9.17) is 34.8 Å². The number of carbonyl (C=O) groups is 2. The maximum Gasteiger partial charge on any atom is 0.231 e. The van der Waals surface area contributed by atoms with Gasteiger partial charge in [0, 0.05) is 27.1 Å². The lowest BCUT2D eigenvalue weighted by Crippen LogP contribution is -2.43. The summed E-state index contributed by atoms with van der Waals surface area (Å²) in [6.07, 6.45) is 4.89. The number of nitrogens with one attached hydrogen (secondary N) is 1. The highest BCUT2D eigenvalue weighted by Crippen LogP contribution is 2.49. The molecule has 0 saturated heterocycles. The lowest BCUT2D eigenvalue weighted by Gasteiger charge is -2.20. The highest BCUT2D eigenvalue weighted by atomic mass is 35.5. The van der Waals surface area contributed by atoms with Crippen LogP contribution in [0.5, 0.6) is 0 Å². The first-order valence-electron chi connectivity index (χ1n) is 10.9. The minimum absolute atomic E-state index is 0.227. The van der Waals surface area contributed by atoms with Gasteiger partial charge in [-0.3, -0.25) is 4.79 Å². The molecule has 4 rings (SSSR count). The van der Waals surface area contributed by atoms with E-state index in [2.05, 4.69) is 12.2 Å². The zero-order valence-electron chi connectivity index (χ0n) is 18.6. The summed E-state index contributed by atoms with van der Waals surface area (Å²) in [7, 11) is 0. The lowest BCUT2D eigenvalue weighted by molar-refractivity contribution is -0.126. The van der Waals surface area contributed by atoms with Gasteiger partial charge in [0.05, 0.1) is 11.5 Å². The standard InChI is InChI=1S/C19H15Cl3FNO2.C4H8.C2H6/c20-12-2-1-11(16(22)8-12)7-14(10-25)24-18(26)19(5-6-19)15-4-3-13(21)9-17(15)23;1-4-2-3-4;1-2/h1-4,8-10,14H,5-7H2,(H,24,26);4H,2-3H2,1H3;1-2H3. The third-order valence-corrected chi connectivity index (χ3v) is 6.26. The van der Waals surface area contributed by atoms with Gasteiger partial charge in [0.15, 0.2) is 0 Å². The van der Waals surface area contributed by atoms with E-state index in [-0.39, 0.29) is 17.4 Å². The fourth-order valence-electron chi connectivity index (χ4n) is 3.15. The van der Waals surface area contributed by atoms with Crippen LogP contribution in [0.1, 0.15) is 57.6 Å². The van der Waals surface area contributed by atoms with E-state index in [9.17, 15) is 14.0 Å². The summed E-state index contributed by atoms with van der Waals surface area (Å²) in [4.78, 5) is 24.2. The number of amides is 1. The van der Waals surface area contributed by atoms with E-state index in [1.54, 1.807) is 24.3 Å². The molecular formula is C25H29Cl3FNO2. The molecule has 0 aliphatic heterocycles. The molecule has 0 radical (unpaired) electrons. The highest BCUT2D eigenvalue weighted by Gasteiger charge is 2.53. The molecule has 7 heteroatoms. The zero-order valence-corrected chi connectivity index (χ0v) is 20.8. The Kier molecular flexibility index (Phi) is 10.00. The number of benzene rings is 2. The van der Waals surface area contributed by atoms with Gasteiger partial charge in [-0.2, -0.15) is 0 Å². The van der Waals surface area contributed by atoms with Crippen LogP contribution in [0.25, 0.3) is 0 Å². The van der Waals surface area contributed by atoms with Crippen LogP contribution in [0.4, 0.5) is 4.39 Å². The Morgan fingerprint density at radius 3 is 2.16 bits per heavy atom. The van der Waals surface area contributed by atoms with Gasteiger partial charge in [0.2, 0.25) is 5.91 Å². The Morgan fingerprint density at radius 2 is 1.69 bits per heavy atom. The molecule has 3 nitrogen and oxygen atoms in total. The second-order valence-electron chi connectivity index (χ2n) is 8.04. The van der Waals surface area contributed by atoms with Gasteiger partial charge < -0.3 is 10.1 Å². The number of carbonyl (C=O) groups excluding carboxylic acids is 2. The molecule has 1 amide bonds. The van der Waals surface area contributed by atoms with Crippen LogP contribution >= 0.6 is 34.8 Å². The van der Waals surface area contributed by atoms with Crippen LogP contribution in [-0.2, 0) is 21.4 Å². The maximum absolute atomic E-state index is 14.2. The molecule has 2 aromatic carbocycles. The van der Waals surface area contributed by atoms with Gasteiger partial charge in [-0.15, -0.1) is 0 Å². The van der Waals surface area contributed by atoms with E-state index in [1.165, 1.54) is 25.0 Å². The summed E-state index contributed by atoms with van der Waals surface area (Å²) in [6, 6.07) is 8.45. The van der Waals surface area contributed by atoms with Crippen molar-refractivity contribution in [3.8, 4) is 0 Å². The second kappa shape index (κ2) is 12.0. The minimum atomic E-state index is -0.945. The van der Waals surface area contributed by atoms with Crippen molar-refractivity contribution in [2.75, 3.05) is 0 Å². The Labute approximate surface area is 204 Å². The molecule has 0 aromatic heterocycles. The third kappa shape index (κ3) is 7.19. The number of hydrogen-bond donors (Lipinski definition) is 1. The summed E-state index contributed by atoms with van der Waals surface area (Å²) in [5.74, 6) is 0.189. The Bertz CT molecular complexity index is 943. The molecule has 2 fully saturated rings. The molecule has 0 bridgehead atoms. The summed E-state index contributed by atoms with van der Waals surface area (Å²) in [5.41, 5.74) is 0.0456. The monoisotopic (exact) mass is 499 g/mol. The Morgan fingerprint density at radius 1 is 1.12 bits per heavy atom. The van der Waals surface area contributed by atoms with E-state index in [1.807, 2.05) is 13.8 Å². The molecule has 2 saturated carbocycles. The van der Waals surface area contributed by atoms with Crippen LogP contribution in [0.3, 0.4) is 0 Å². The smallest absolute Gasteiger partial charge is 0.231 e. The lowest BCUT2D eigenvalue weighted by atomic mass is 9.93. The number of aldehydes is 1. The van der Waals surface area contributed by atoms with Gasteiger partial charge in [-0.1, -0.05) is 80.5 Å². The Balaban J connectivity index is 0.000000533. The van der Waals surface area contributed by atoms with Gasteiger partial charge in [-0.25, -0.2) is 4.39 Å². The number of hydrogen-bond acceptors (Lipinski definition) is 2. The second-order valence-corrected chi connectivity index (χ2v) is 9.32. The first kappa shape index (κ1) is 26.6. The maximum atomic E-state index is 14.2. The van der Waals surface area contributed by atoms with Crippen molar-refractivity contribution in [1.82, 2.24) is 5.32 Å². The van der Waals surface area contributed by atoms with E-state index in [0.29, 0.717) is 40.3 Å². The van der Waals surface area contributed by atoms with Crippen molar-refractivity contribution in [2.24, 2.45) is 5.92 Å². The van der Waals surface area contributed by atoms with Crippen LogP contribution in [0.2, 0.25) is 15.1 Å². The van der Waals surface area contributed by atoms with Crippen molar-refractivity contribution >= 4 is 47.0 Å². The summed E-state index contributed by atoms with van der Waals surface area (Å²) >= 11 is 17.8. The molecule has 1 N–H and O–H groups in total. The van der Waals surface area contributed by atoms with Crippen LogP contribution in [0, 0.1) is 11.7 Å². The third-order valence-electron chi connectivity index (χ3n) is 5.43. The molecule has 1 atom stereocenters. The van der Waals surface area contributed by atoms with Crippen LogP contribution in [0.15, 0.2) is 36.4 Å². The van der Waals surface area contributed by atoms with Crippen molar-refractivity contribution in [3.05, 3.63) is 68.4 Å². The predicted molar refractivity (Wildman–Crippen MR) is 130 cm³/mol. The van der Waals surface area contributed by atoms with Gasteiger partial charge in [0.1, 0.15) is 12.1 Å². The molecule has 174 valence electrons. The predicted octanol–water partition coefficient (Wildman–Crippen LogP) is 7.19. The average Bonchev–Trinajstić information content (AvgIpc) is 3.69. The first-order valence-corrected chi connectivity index (χ1v) is 12.0. The first-order chi connectivity index (χ1) is 15.2. The van der Waals surface area contributed by atoms with Crippen molar-refractivity contribution in [2.45, 2.75) is 64.3 Å². The Hall–Kier alpha value is -1.62. The molecule has 2 aromatic rings. The van der Waals surface area contributed by atoms with E-state index < -0.39 is 17.3 Å². The molecule has 32 heavy (non-hydrogen) atoms. The van der Waals surface area contributed by atoms with E-state index >= 15 is 0 Å². The van der Waals surface area contributed by atoms with Crippen molar-refractivity contribution in [3.63, 3.8) is 0 Å². The van der Waals surface area contributed by atoms with E-state index in [0.717, 1.165) is 5.92 Å². The fraction of sp³-hybridized carbons (Fsp3) is 0.440. The van der Waals surface area contributed by atoms with Crippen molar-refractivity contribution in [1.29, 1.82) is 0 Å². The zero-order chi connectivity index (χ0) is 23.9. The van der Waals surface area contributed by atoms with Gasteiger partial charge in [-0.05, 0) is 48.6 Å². The topological polar surface area (TPSA) is 46.2 Å². The van der Waals surface area contributed by atoms with Crippen LogP contribution in [-0.4, -0.2) is 18.2 Å². The largest absolute Gasteiger partial charge is 0.345 e. The molecular weight excluding hydrogens is 472 g/mol. The highest BCUT2D eigenvalue weighted by molar-refractivity contribution is 6.35. The quantitative estimate of drug-likeness (QED) is 0.427. The molecule has 1 unspecified atom stereocenters. The number of halogens is 4. The molecule has 2 aliphatic rings.